The average molecular weight is 283 g/mol. The summed E-state index contributed by atoms with van der Waals surface area (Å²) in [6.45, 7) is 0. The van der Waals surface area contributed by atoms with Gasteiger partial charge in [0.15, 0.2) is 0 Å². The number of fused-ring (bicyclic) bond motifs is 1. The van der Waals surface area contributed by atoms with E-state index in [-0.39, 0.29) is 0 Å². The SMILES string of the molecule is CNc1cccc2cc(I)ccc12. The highest BCUT2D eigenvalue weighted by molar-refractivity contribution is 14.1. The summed E-state index contributed by atoms with van der Waals surface area (Å²) >= 11 is 2.33. The van der Waals surface area contributed by atoms with E-state index in [0.717, 1.165) is 0 Å². The van der Waals surface area contributed by atoms with Crippen molar-refractivity contribution in [3.05, 3.63) is 40.0 Å². The molecule has 0 fully saturated rings. The minimum absolute atomic E-state index is 1.19. The Balaban J connectivity index is 2.77. The van der Waals surface area contributed by atoms with Gasteiger partial charge < -0.3 is 5.32 Å². The Morgan fingerprint density at radius 1 is 1.15 bits per heavy atom. The second kappa shape index (κ2) is 3.54. The summed E-state index contributed by atoms with van der Waals surface area (Å²) < 4.78 is 1.28. The fourth-order valence-corrected chi connectivity index (χ4v) is 1.99. The molecule has 0 amide bonds. The molecule has 0 atom stereocenters. The Bertz CT molecular complexity index is 437. The minimum atomic E-state index is 1.19. The summed E-state index contributed by atoms with van der Waals surface area (Å²) in [5.74, 6) is 0. The van der Waals surface area contributed by atoms with Crippen molar-refractivity contribution in [1.82, 2.24) is 0 Å². The summed E-state index contributed by atoms with van der Waals surface area (Å²) in [6, 6.07) is 12.8. The molecule has 0 saturated heterocycles. The van der Waals surface area contributed by atoms with Gasteiger partial charge in [-0.1, -0.05) is 18.2 Å². The van der Waals surface area contributed by atoms with Gasteiger partial charge in [0.1, 0.15) is 0 Å². The molecular formula is C11H10IN. The fourth-order valence-electron chi connectivity index (χ4n) is 1.47. The van der Waals surface area contributed by atoms with Crippen LogP contribution in [0.1, 0.15) is 0 Å². The van der Waals surface area contributed by atoms with Gasteiger partial charge in [0.25, 0.3) is 0 Å². The number of benzene rings is 2. The van der Waals surface area contributed by atoms with Crippen LogP contribution >= 0.6 is 22.6 Å². The molecule has 0 aliphatic carbocycles. The molecule has 0 spiro atoms. The van der Waals surface area contributed by atoms with Gasteiger partial charge in [-0.15, -0.1) is 0 Å². The maximum atomic E-state index is 3.19. The van der Waals surface area contributed by atoms with Crippen LogP contribution in [0, 0.1) is 3.57 Å². The lowest BCUT2D eigenvalue weighted by atomic mass is 10.1. The topological polar surface area (TPSA) is 12.0 Å². The van der Waals surface area contributed by atoms with Crippen LogP contribution < -0.4 is 5.32 Å². The molecule has 2 rings (SSSR count). The Labute approximate surface area is 91.3 Å². The molecule has 0 aliphatic heterocycles. The maximum absolute atomic E-state index is 3.19. The van der Waals surface area contributed by atoms with Crippen LogP contribution in [0.4, 0.5) is 5.69 Å². The van der Waals surface area contributed by atoms with Gasteiger partial charge in [-0.3, -0.25) is 0 Å². The lowest BCUT2D eigenvalue weighted by Gasteiger charge is -2.05. The fraction of sp³-hybridized carbons (Fsp3) is 0.0909. The van der Waals surface area contributed by atoms with E-state index in [1.54, 1.807) is 0 Å². The Kier molecular flexibility index (Phi) is 2.40. The highest BCUT2D eigenvalue weighted by atomic mass is 127. The third kappa shape index (κ3) is 1.63. The molecule has 2 aromatic carbocycles. The molecule has 0 aromatic heterocycles. The van der Waals surface area contributed by atoms with Crippen molar-refractivity contribution in [3.8, 4) is 0 Å². The summed E-state index contributed by atoms with van der Waals surface area (Å²) in [7, 11) is 1.95. The molecule has 1 N–H and O–H groups in total. The molecule has 0 unspecified atom stereocenters. The van der Waals surface area contributed by atoms with E-state index >= 15 is 0 Å². The third-order valence-corrected chi connectivity index (χ3v) is 2.78. The number of halogens is 1. The van der Waals surface area contributed by atoms with Crippen molar-refractivity contribution in [1.29, 1.82) is 0 Å². The van der Waals surface area contributed by atoms with Crippen LogP contribution in [0.3, 0.4) is 0 Å². The first kappa shape index (κ1) is 8.81. The third-order valence-electron chi connectivity index (χ3n) is 2.11. The van der Waals surface area contributed by atoms with Crippen LogP contribution in [0.15, 0.2) is 36.4 Å². The monoisotopic (exact) mass is 283 g/mol. The van der Waals surface area contributed by atoms with Crippen molar-refractivity contribution in [3.63, 3.8) is 0 Å². The predicted molar refractivity (Wildman–Crippen MR) is 66.2 cm³/mol. The van der Waals surface area contributed by atoms with Gasteiger partial charge in [0.05, 0.1) is 0 Å². The quantitative estimate of drug-likeness (QED) is 0.790. The molecule has 0 aliphatic rings. The van der Waals surface area contributed by atoms with Crippen molar-refractivity contribution in [2.24, 2.45) is 0 Å². The second-order valence-electron chi connectivity index (χ2n) is 2.92. The Morgan fingerprint density at radius 3 is 2.77 bits per heavy atom. The van der Waals surface area contributed by atoms with E-state index in [2.05, 4.69) is 64.3 Å². The van der Waals surface area contributed by atoms with Gasteiger partial charge in [-0.05, 0) is 46.2 Å². The van der Waals surface area contributed by atoms with E-state index < -0.39 is 0 Å². The van der Waals surface area contributed by atoms with Crippen molar-refractivity contribution in [2.45, 2.75) is 0 Å². The summed E-state index contributed by atoms with van der Waals surface area (Å²) in [5.41, 5.74) is 1.19. The summed E-state index contributed by atoms with van der Waals surface area (Å²) in [6.07, 6.45) is 0. The normalized spacial score (nSPS) is 10.3. The van der Waals surface area contributed by atoms with E-state index in [0.29, 0.717) is 0 Å². The zero-order valence-corrected chi connectivity index (χ0v) is 9.50. The number of anilines is 1. The molecule has 66 valence electrons. The number of nitrogens with one attached hydrogen (secondary N) is 1. The largest absolute Gasteiger partial charge is 0.388 e. The Morgan fingerprint density at radius 2 is 2.00 bits per heavy atom. The Hall–Kier alpha value is -0.770. The number of hydrogen-bond acceptors (Lipinski definition) is 1. The van der Waals surface area contributed by atoms with Crippen LogP contribution in [-0.4, -0.2) is 7.05 Å². The molecule has 2 aromatic rings. The van der Waals surface area contributed by atoms with Gasteiger partial charge in [0, 0.05) is 21.7 Å². The lowest BCUT2D eigenvalue weighted by molar-refractivity contribution is 1.54. The molecule has 13 heavy (non-hydrogen) atoms. The summed E-state index contributed by atoms with van der Waals surface area (Å²) in [4.78, 5) is 0. The van der Waals surface area contributed by atoms with E-state index in [1.807, 2.05) is 7.05 Å². The minimum Gasteiger partial charge on any atom is -0.388 e. The standard InChI is InChI=1S/C11H10IN/c1-13-11-4-2-3-8-7-9(12)5-6-10(8)11/h2-7,13H,1H3. The average Bonchev–Trinajstić information content (AvgIpc) is 2.16. The first-order chi connectivity index (χ1) is 6.31. The molecular weight excluding hydrogens is 273 g/mol. The van der Waals surface area contributed by atoms with Gasteiger partial charge >= 0.3 is 0 Å². The zero-order valence-electron chi connectivity index (χ0n) is 7.34. The highest BCUT2D eigenvalue weighted by Gasteiger charge is 1.98. The van der Waals surface area contributed by atoms with Crippen molar-refractivity contribution >= 4 is 39.1 Å². The number of hydrogen-bond donors (Lipinski definition) is 1. The molecule has 1 nitrogen and oxygen atoms in total. The smallest absolute Gasteiger partial charge is 0.0417 e. The van der Waals surface area contributed by atoms with Crippen LogP contribution in [0.25, 0.3) is 10.8 Å². The molecule has 0 bridgehead atoms. The number of rotatable bonds is 1. The molecule has 2 heteroatoms. The zero-order chi connectivity index (χ0) is 9.26. The lowest BCUT2D eigenvalue weighted by Crippen LogP contribution is -1.88. The van der Waals surface area contributed by atoms with Gasteiger partial charge in [-0.25, -0.2) is 0 Å². The summed E-state index contributed by atoms with van der Waals surface area (Å²) in [5, 5.41) is 5.76. The first-order valence-corrected chi connectivity index (χ1v) is 5.25. The second-order valence-corrected chi connectivity index (χ2v) is 4.17. The van der Waals surface area contributed by atoms with Crippen molar-refractivity contribution in [2.75, 3.05) is 12.4 Å². The van der Waals surface area contributed by atoms with E-state index in [4.69, 9.17) is 0 Å². The van der Waals surface area contributed by atoms with E-state index in [9.17, 15) is 0 Å². The molecule has 0 heterocycles. The van der Waals surface area contributed by atoms with Crippen LogP contribution in [0.2, 0.25) is 0 Å². The first-order valence-electron chi connectivity index (χ1n) is 4.17. The molecule has 0 saturated carbocycles. The van der Waals surface area contributed by atoms with Crippen molar-refractivity contribution < 1.29 is 0 Å². The maximum Gasteiger partial charge on any atom is 0.0417 e. The van der Waals surface area contributed by atoms with Crippen LogP contribution in [0.5, 0.6) is 0 Å². The van der Waals surface area contributed by atoms with Gasteiger partial charge in [0.2, 0.25) is 0 Å². The van der Waals surface area contributed by atoms with E-state index in [1.165, 1.54) is 20.0 Å². The predicted octanol–water partition coefficient (Wildman–Crippen LogP) is 3.49. The van der Waals surface area contributed by atoms with Gasteiger partial charge in [-0.2, -0.15) is 0 Å². The highest BCUT2D eigenvalue weighted by Crippen LogP contribution is 2.24. The molecule has 0 radical (unpaired) electrons. The van der Waals surface area contributed by atoms with Crippen LogP contribution in [-0.2, 0) is 0 Å².